The van der Waals surface area contributed by atoms with Crippen LogP contribution in [0.3, 0.4) is 0 Å². The van der Waals surface area contributed by atoms with E-state index in [1.165, 1.54) is 25.7 Å². The molecule has 1 aromatic carbocycles. The molecule has 0 radical (unpaired) electrons. The van der Waals surface area contributed by atoms with Crippen molar-refractivity contribution in [2.45, 2.75) is 58.1 Å². The molecule has 0 aliphatic heterocycles. The third-order valence-electron chi connectivity index (χ3n) is 3.84. The average molecular weight is 282 g/mol. The summed E-state index contributed by atoms with van der Waals surface area (Å²) in [7, 11) is 0. The van der Waals surface area contributed by atoms with Gasteiger partial charge in [-0.2, -0.15) is 0 Å². The van der Waals surface area contributed by atoms with Crippen LogP contribution < -0.4 is 10.1 Å². The minimum atomic E-state index is 0.281. The molecular formula is C16H24ClNO. The summed E-state index contributed by atoms with van der Waals surface area (Å²) in [6, 6.07) is 6.41. The second kappa shape index (κ2) is 7.16. The third-order valence-corrected chi connectivity index (χ3v) is 4.26. The Kier molecular flexibility index (Phi) is 5.53. The van der Waals surface area contributed by atoms with E-state index in [4.69, 9.17) is 16.3 Å². The summed E-state index contributed by atoms with van der Waals surface area (Å²) in [6.07, 6.45) is 6.52. The second-order valence-electron chi connectivity index (χ2n) is 5.37. The number of likely N-dealkylation sites (N-methyl/N-ethyl adjacent to an activating group) is 1. The maximum absolute atomic E-state index is 6.22. The van der Waals surface area contributed by atoms with Crippen LogP contribution in [-0.4, -0.2) is 18.7 Å². The molecule has 2 unspecified atom stereocenters. The van der Waals surface area contributed by atoms with Crippen LogP contribution in [0.2, 0.25) is 5.02 Å². The van der Waals surface area contributed by atoms with Gasteiger partial charge in [-0.25, -0.2) is 0 Å². The van der Waals surface area contributed by atoms with Crippen molar-refractivity contribution in [1.29, 1.82) is 0 Å². The molecule has 2 rings (SSSR count). The van der Waals surface area contributed by atoms with E-state index in [1.54, 1.807) is 0 Å². The van der Waals surface area contributed by atoms with Crippen molar-refractivity contribution >= 4 is 11.6 Å². The number of benzene rings is 1. The summed E-state index contributed by atoms with van der Waals surface area (Å²) >= 11 is 6.06. The molecule has 0 amide bonds. The number of ether oxygens (including phenoxy) is 1. The zero-order valence-electron chi connectivity index (χ0n) is 11.9. The fraction of sp³-hybridized carbons (Fsp3) is 0.625. The number of aryl methyl sites for hydroxylation is 1. The van der Waals surface area contributed by atoms with E-state index >= 15 is 0 Å². The molecule has 1 N–H and O–H groups in total. The molecule has 1 aliphatic carbocycles. The lowest BCUT2D eigenvalue weighted by atomic mass is 10.1. The van der Waals surface area contributed by atoms with Crippen LogP contribution in [0.25, 0.3) is 0 Å². The molecule has 2 nitrogen and oxygen atoms in total. The van der Waals surface area contributed by atoms with Gasteiger partial charge >= 0.3 is 0 Å². The monoisotopic (exact) mass is 281 g/mol. The van der Waals surface area contributed by atoms with Crippen LogP contribution in [0.4, 0.5) is 0 Å². The largest absolute Gasteiger partial charge is 0.489 e. The molecule has 1 aliphatic rings. The summed E-state index contributed by atoms with van der Waals surface area (Å²) in [5.41, 5.74) is 1.08. The predicted molar refractivity (Wildman–Crippen MR) is 81.2 cm³/mol. The lowest BCUT2D eigenvalue weighted by molar-refractivity contribution is 0.145. The minimum Gasteiger partial charge on any atom is -0.489 e. The Morgan fingerprint density at radius 1 is 1.26 bits per heavy atom. The SMILES string of the molecule is CCNC1CCCCCC1Oc1ccc(Cl)c(C)c1. The van der Waals surface area contributed by atoms with Gasteiger partial charge in [-0.3, -0.25) is 0 Å². The second-order valence-corrected chi connectivity index (χ2v) is 5.78. The lowest BCUT2D eigenvalue weighted by Gasteiger charge is -2.27. The molecule has 0 saturated heterocycles. The highest BCUT2D eigenvalue weighted by atomic mass is 35.5. The van der Waals surface area contributed by atoms with Gasteiger partial charge in [0.05, 0.1) is 0 Å². The highest BCUT2D eigenvalue weighted by molar-refractivity contribution is 6.31. The molecule has 0 bridgehead atoms. The zero-order chi connectivity index (χ0) is 13.7. The third kappa shape index (κ3) is 4.12. The molecular weight excluding hydrogens is 258 g/mol. The van der Waals surface area contributed by atoms with Crippen LogP contribution in [0, 0.1) is 6.92 Å². The molecule has 1 aromatic rings. The Balaban J connectivity index is 2.06. The van der Waals surface area contributed by atoms with Gasteiger partial charge in [-0.05, 0) is 56.5 Å². The van der Waals surface area contributed by atoms with Gasteiger partial charge < -0.3 is 10.1 Å². The number of halogens is 1. The molecule has 0 aromatic heterocycles. The first-order valence-corrected chi connectivity index (χ1v) is 7.74. The van der Waals surface area contributed by atoms with Crippen molar-refractivity contribution in [3.63, 3.8) is 0 Å². The Morgan fingerprint density at radius 2 is 2.05 bits per heavy atom. The topological polar surface area (TPSA) is 21.3 Å². The minimum absolute atomic E-state index is 0.281. The van der Waals surface area contributed by atoms with Crippen molar-refractivity contribution < 1.29 is 4.74 Å². The summed E-state index contributed by atoms with van der Waals surface area (Å²) in [5.74, 6) is 0.941. The Morgan fingerprint density at radius 3 is 2.79 bits per heavy atom. The highest BCUT2D eigenvalue weighted by Gasteiger charge is 2.24. The van der Waals surface area contributed by atoms with E-state index in [1.807, 2.05) is 25.1 Å². The van der Waals surface area contributed by atoms with Crippen LogP contribution in [-0.2, 0) is 0 Å². The molecule has 3 heteroatoms. The molecule has 1 fully saturated rings. The van der Waals surface area contributed by atoms with E-state index in [0.717, 1.165) is 29.3 Å². The first-order valence-electron chi connectivity index (χ1n) is 7.37. The maximum atomic E-state index is 6.22. The van der Waals surface area contributed by atoms with E-state index in [0.29, 0.717) is 6.04 Å². The van der Waals surface area contributed by atoms with Crippen LogP contribution in [0.1, 0.15) is 44.6 Å². The summed E-state index contributed by atoms with van der Waals surface area (Å²) in [4.78, 5) is 0. The van der Waals surface area contributed by atoms with Gasteiger partial charge in [-0.1, -0.05) is 31.4 Å². The predicted octanol–water partition coefficient (Wildman–Crippen LogP) is 4.34. The number of hydrogen-bond acceptors (Lipinski definition) is 2. The first-order chi connectivity index (χ1) is 9.20. The Labute approximate surface area is 121 Å². The molecule has 1 saturated carbocycles. The van der Waals surface area contributed by atoms with Crippen molar-refractivity contribution in [1.82, 2.24) is 5.32 Å². The van der Waals surface area contributed by atoms with Gasteiger partial charge in [-0.15, -0.1) is 0 Å². The van der Waals surface area contributed by atoms with E-state index < -0.39 is 0 Å². The standard InChI is InChI=1S/C16H24ClNO/c1-3-18-15-7-5-4-6-8-16(15)19-13-9-10-14(17)12(2)11-13/h9-11,15-16,18H,3-8H2,1-2H3. The number of rotatable bonds is 4. The van der Waals surface area contributed by atoms with Crippen molar-refractivity contribution in [2.75, 3.05) is 6.54 Å². The Bertz CT molecular complexity index is 408. The molecule has 19 heavy (non-hydrogen) atoms. The van der Waals surface area contributed by atoms with Crippen molar-refractivity contribution in [3.05, 3.63) is 28.8 Å². The maximum Gasteiger partial charge on any atom is 0.120 e. The summed E-state index contributed by atoms with van der Waals surface area (Å²) in [5, 5.41) is 4.37. The lowest BCUT2D eigenvalue weighted by Crippen LogP contribution is -2.42. The highest BCUT2D eigenvalue weighted by Crippen LogP contribution is 2.26. The van der Waals surface area contributed by atoms with E-state index in [-0.39, 0.29) is 6.10 Å². The smallest absolute Gasteiger partial charge is 0.120 e. The van der Waals surface area contributed by atoms with Crippen molar-refractivity contribution in [2.24, 2.45) is 0 Å². The fourth-order valence-electron chi connectivity index (χ4n) is 2.78. The quantitative estimate of drug-likeness (QED) is 0.829. The van der Waals surface area contributed by atoms with Gasteiger partial charge in [0, 0.05) is 11.1 Å². The average Bonchev–Trinajstić information content (AvgIpc) is 2.61. The normalized spacial score (nSPS) is 23.9. The molecule has 0 spiro atoms. The van der Waals surface area contributed by atoms with Crippen LogP contribution in [0.15, 0.2) is 18.2 Å². The van der Waals surface area contributed by atoms with E-state index in [9.17, 15) is 0 Å². The van der Waals surface area contributed by atoms with Crippen molar-refractivity contribution in [3.8, 4) is 5.75 Å². The van der Waals surface area contributed by atoms with Gasteiger partial charge in [0.15, 0.2) is 0 Å². The number of nitrogens with one attached hydrogen (secondary N) is 1. The molecule has 2 atom stereocenters. The first kappa shape index (κ1) is 14.7. The summed E-state index contributed by atoms with van der Waals surface area (Å²) < 4.78 is 6.22. The molecule has 0 heterocycles. The number of hydrogen-bond donors (Lipinski definition) is 1. The van der Waals surface area contributed by atoms with E-state index in [2.05, 4.69) is 12.2 Å². The molecule has 106 valence electrons. The van der Waals surface area contributed by atoms with Crippen LogP contribution >= 0.6 is 11.6 Å². The zero-order valence-corrected chi connectivity index (χ0v) is 12.7. The Hall–Kier alpha value is -0.730. The van der Waals surface area contributed by atoms with Gasteiger partial charge in [0.2, 0.25) is 0 Å². The van der Waals surface area contributed by atoms with Gasteiger partial charge in [0.1, 0.15) is 11.9 Å². The summed E-state index contributed by atoms with van der Waals surface area (Å²) in [6.45, 7) is 5.18. The van der Waals surface area contributed by atoms with Gasteiger partial charge in [0.25, 0.3) is 0 Å². The van der Waals surface area contributed by atoms with Crippen LogP contribution in [0.5, 0.6) is 5.75 Å². The fourth-order valence-corrected chi connectivity index (χ4v) is 2.89.